The summed E-state index contributed by atoms with van der Waals surface area (Å²) in [6.07, 6.45) is 0. The molecule has 0 aliphatic carbocycles. The Kier molecular flexibility index (Phi) is 5.24. The molecule has 0 N–H and O–H groups in total. The summed E-state index contributed by atoms with van der Waals surface area (Å²) in [5.41, 5.74) is 2.11. The van der Waals surface area contributed by atoms with Crippen LogP contribution < -0.4 is 0 Å². The van der Waals surface area contributed by atoms with Gasteiger partial charge in [0.15, 0.2) is 0 Å². The van der Waals surface area contributed by atoms with Crippen LogP contribution in [0, 0.1) is 0 Å². The van der Waals surface area contributed by atoms with E-state index in [9.17, 15) is 4.79 Å². The van der Waals surface area contributed by atoms with Gasteiger partial charge in [-0.25, -0.2) is 0 Å². The van der Waals surface area contributed by atoms with Crippen LogP contribution >= 0.6 is 15.9 Å². The predicted octanol–water partition coefficient (Wildman–Crippen LogP) is 4.92. The van der Waals surface area contributed by atoms with Crippen LogP contribution in [0.2, 0.25) is 0 Å². The Morgan fingerprint density at radius 1 is 0.708 bits per heavy atom. The van der Waals surface area contributed by atoms with Crippen molar-refractivity contribution in [1.29, 1.82) is 0 Å². The van der Waals surface area contributed by atoms with E-state index < -0.39 is 5.60 Å². The minimum Gasteiger partial charge on any atom is -0.352 e. The molecule has 0 aliphatic heterocycles. The number of ether oxygens (including phenoxy) is 1. The Morgan fingerprint density at radius 2 is 1.04 bits per heavy atom. The molecular formula is C21H17BrO2. The van der Waals surface area contributed by atoms with E-state index in [1.165, 1.54) is 0 Å². The van der Waals surface area contributed by atoms with Crippen molar-refractivity contribution < 1.29 is 9.53 Å². The first-order chi connectivity index (χ1) is 11.7. The molecule has 0 spiro atoms. The molecule has 0 unspecified atom stereocenters. The molecular weight excluding hydrogens is 364 g/mol. The largest absolute Gasteiger partial charge is 0.352 e. The molecule has 0 amide bonds. The lowest BCUT2D eigenvalue weighted by molar-refractivity contribution is -0.118. The highest BCUT2D eigenvalue weighted by Gasteiger charge is 2.37. The van der Waals surface area contributed by atoms with Gasteiger partial charge in [0.1, 0.15) is 12.2 Å². The van der Waals surface area contributed by atoms with Crippen molar-refractivity contribution in [3.05, 3.63) is 108 Å². The number of rotatable bonds is 6. The van der Waals surface area contributed by atoms with E-state index in [0.29, 0.717) is 0 Å². The third kappa shape index (κ3) is 3.32. The zero-order chi connectivity index (χ0) is 16.8. The Hall–Kier alpha value is -2.23. The van der Waals surface area contributed by atoms with Gasteiger partial charge in [-0.05, 0) is 32.6 Å². The minimum absolute atomic E-state index is 0.0291. The van der Waals surface area contributed by atoms with Crippen LogP contribution in [0.25, 0.3) is 0 Å². The molecule has 0 aliphatic rings. The SMILES string of the molecule is O=C(Br)COC(c1ccccc1)(c1ccccc1)c1ccccc1. The molecule has 2 nitrogen and oxygen atoms in total. The van der Waals surface area contributed by atoms with E-state index in [1.54, 1.807) is 0 Å². The van der Waals surface area contributed by atoms with Gasteiger partial charge in [-0.15, -0.1) is 0 Å². The van der Waals surface area contributed by atoms with E-state index in [-0.39, 0.29) is 11.3 Å². The van der Waals surface area contributed by atoms with E-state index in [4.69, 9.17) is 4.74 Å². The van der Waals surface area contributed by atoms with Crippen LogP contribution in [-0.2, 0) is 15.1 Å². The van der Waals surface area contributed by atoms with E-state index in [1.807, 2.05) is 91.0 Å². The molecule has 0 saturated carbocycles. The first-order valence-electron chi connectivity index (χ1n) is 7.72. The summed E-state index contributed by atoms with van der Waals surface area (Å²) in [5.74, 6) is 0. The highest BCUT2D eigenvalue weighted by Crippen LogP contribution is 2.40. The summed E-state index contributed by atoms with van der Waals surface area (Å²) in [5, 5.41) is 0. The number of carbonyl (C=O) groups excluding carboxylic acids is 1. The molecule has 0 fully saturated rings. The van der Waals surface area contributed by atoms with Crippen LogP contribution in [-0.4, -0.2) is 11.3 Å². The Morgan fingerprint density at radius 3 is 1.33 bits per heavy atom. The zero-order valence-corrected chi connectivity index (χ0v) is 14.6. The topological polar surface area (TPSA) is 26.3 Å². The second kappa shape index (κ2) is 7.56. The average Bonchev–Trinajstić information content (AvgIpc) is 2.65. The van der Waals surface area contributed by atoms with Gasteiger partial charge in [-0.1, -0.05) is 91.0 Å². The van der Waals surface area contributed by atoms with Gasteiger partial charge >= 0.3 is 0 Å². The van der Waals surface area contributed by atoms with Crippen LogP contribution in [0.4, 0.5) is 0 Å². The number of hydrogen-bond acceptors (Lipinski definition) is 2. The Balaban J connectivity index is 2.26. The molecule has 3 aromatic carbocycles. The fourth-order valence-corrected chi connectivity index (χ4v) is 3.05. The van der Waals surface area contributed by atoms with Crippen molar-refractivity contribution in [1.82, 2.24) is 0 Å². The molecule has 0 heterocycles. The van der Waals surface area contributed by atoms with Crippen LogP contribution in [0.3, 0.4) is 0 Å². The molecule has 0 saturated heterocycles. The minimum atomic E-state index is -0.840. The molecule has 0 aromatic heterocycles. The fraction of sp³-hybridized carbons (Fsp3) is 0.0952. The van der Waals surface area contributed by atoms with Crippen molar-refractivity contribution >= 4 is 20.6 Å². The predicted molar refractivity (Wildman–Crippen MR) is 99.1 cm³/mol. The van der Waals surface area contributed by atoms with Gasteiger partial charge in [0.25, 0.3) is 0 Å². The van der Waals surface area contributed by atoms with Crippen molar-refractivity contribution in [3.63, 3.8) is 0 Å². The number of hydrogen-bond donors (Lipinski definition) is 0. The van der Waals surface area contributed by atoms with Crippen LogP contribution in [0.15, 0.2) is 91.0 Å². The van der Waals surface area contributed by atoms with Crippen molar-refractivity contribution in [2.24, 2.45) is 0 Å². The number of halogens is 1. The van der Waals surface area contributed by atoms with Gasteiger partial charge < -0.3 is 4.74 Å². The molecule has 3 rings (SSSR count). The lowest BCUT2D eigenvalue weighted by Crippen LogP contribution is -2.34. The first-order valence-corrected chi connectivity index (χ1v) is 8.51. The average molecular weight is 381 g/mol. The van der Waals surface area contributed by atoms with Gasteiger partial charge in [-0.2, -0.15) is 0 Å². The van der Waals surface area contributed by atoms with Crippen LogP contribution in [0.1, 0.15) is 16.7 Å². The molecule has 0 bridgehead atoms. The van der Waals surface area contributed by atoms with Crippen molar-refractivity contribution in [3.8, 4) is 0 Å². The van der Waals surface area contributed by atoms with E-state index in [2.05, 4.69) is 15.9 Å². The molecule has 0 atom stereocenters. The van der Waals surface area contributed by atoms with Crippen molar-refractivity contribution in [2.45, 2.75) is 5.60 Å². The third-order valence-corrected chi connectivity index (χ3v) is 4.17. The highest BCUT2D eigenvalue weighted by molar-refractivity contribution is 9.18. The summed E-state index contributed by atoms with van der Waals surface area (Å²) >= 11 is 2.98. The van der Waals surface area contributed by atoms with Gasteiger partial charge in [0.05, 0.1) is 0 Å². The normalized spacial score (nSPS) is 11.2. The molecule has 120 valence electrons. The van der Waals surface area contributed by atoms with Crippen molar-refractivity contribution in [2.75, 3.05) is 6.61 Å². The summed E-state index contributed by atoms with van der Waals surface area (Å²) in [6, 6.07) is 30.0. The summed E-state index contributed by atoms with van der Waals surface area (Å²) in [6.45, 7) is -0.0291. The fourth-order valence-electron chi connectivity index (χ4n) is 2.93. The maximum atomic E-state index is 11.6. The maximum Gasteiger partial charge on any atom is 0.223 e. The Labute approximate surface area is 150 Å². The summed E-state index contributed by atoms with van der Waals surface area (Å²) in [7, 11) is 0. The summed E-state index contributed by atoms with van der Waals surface area (Å²) in [4.78, 5) is 11.6. The second-order valence-electron chi connectivity index (χ2n) is 5.42. The first kappa shape index (κ1) is 16.6. The Bertz CT molecular complexity index is 689. The molecule has 24 heavy (non-hydrogen) atoms. The third-order valence-electron chi connectivity index (χ3n) is 3.94. The number of benzene rings is 3. The lowest BCUT2D eigenvalue weighted by atomic mass is 9.80. The zero-order valence-electron chi connectivity index (χ0n) is 13.1. The molecule has 3 aromatic rings. The molecule has 3 heteroatoms. The summed E-state index contributed by atoms with van der Waals surface area (Å²) < 4.78 is 6.07. The van der Waals surface area contributed by atoms with E-state index >= 15 is 0 Å². The number of carbonyl (C=O) groups is 1. The quantitative estimate of drug-likeness (QED) is 0.448. The van der Waals surface area contributed by atoms with Gasteiger partial charge in [0.2, 0.25) is 4.69 Å². The molecule has 0 radical (unpaired) electrons. The van der Waals surface area contributed by atoms with Crippen LogP contribution in [0.5, 0.6) is 0 Å². The highest BCUT2D eigenvalue weighted by atomic mass is 79.9. The lowest BCUT2D eigenvalue weighted by Gasteiger charge is -2.35. The smallest absolute Gasteiger partial charge is 0.223 e. The van der Waals surface area contributed by atoms with E-state index in [0.717, 1.165) is 16.7 Å². The standard InChI is InChI=1S/C21H17BrO2/c22-20(23)16-24-21(17-10-4-1-5-11-17,18-12-6-2-7-13-18)19-14-8-3-9-15-19/h1-15H,16H2. The van der Waals surface area contributed by atoms with Gasteiger partial charge in [0, 0.05) is 0 Å². The maximum absolute atomic E-state index is 11.6. The second-order valence-corrected chi connectivity index (χ2v) is 6.31. The monoisotopic (exact) mass is 380 g/mol. The van der Waals surface area contributed by atoms with Gasteiger partial charge in [-0.3, -0.25) is 4.79 Å².